The first-order valence-electron chi connectivity index (χ1n) is 7.88. The van der Waals surface area contributed by atoms with Crippen molar-refractivity contribution in [3.8, 4) is 0 Å². The van der Waals surface area contributed by atoms with E-state index in [2.05, 4.69) is 17.6 Å². The molecule has 1 heterocycles. The second-order valence-electron chi connectivity index (χ2n) is 6.60. The van der Waals surface area contributed by atoms with Gasteiger partial charge in [0, 0.05) is 17.6 Å². The number of hydrogen-bond acceptors (Lipinski definition) is 2. The van der Waals surface area contributed by atoms with Gasteiger partial charge < -0.3 is 10.6 Å². The summed E-state index contributed by atoms with van der Waals surface area (Å²) in [6.45, 7) is 4.19. The van der Waals surface area contributed by atoms with E-state index in [4.69, 9.17) is 11.6 Å². The Hall–Kier alpha value is -0.770. The van der Waals surface area contributed by atoms with Gasteiger partial charge >= 0.3 is 0 Å². The standard InChI is InChI=1S/C17H23ClN2O.ClH/c1-12-2-7-15(11-19-10-12)20-16(21)17(8-9-17)13-3-5-14(18)6-4-13;/h3-6,12,15,19H,2,7-11H2,1H3,(H,20,21);1H. The van der Waals surface area contributed by atoms with Crippen LogP contribution in [-0.4, -0.2) is 25.0 Å². The number of amides is 1. The molecule has 2 aliphatic rings. The number of carbonyl (C=O) groups excluding carboxylic acids is 1. The van der Waals surface area contributed by atoms with Crippen LogP contribution in [0.3, 0.4) is 0 Å². The predicted molar refractivity (Wildman–Crippen MR) is 92.8 cm³/mol. The molecule has 2 unspecified atom stereocenters. The van der Waals surface area contributed by atoms with Crippen LogP contribution in [0.4, 0.5) is 0 Å². The maximum atomic E-state index is 12.7. The van der Waals surface area contributed by atoms with Crippen LogP contribution < -0.4 is 10.6 Å². The van der Waals surface area contributed by atoms with Gasteiger partial charge in [-0.3, -0.25) is 4.79 Å². The van der Waals surface area contributed by atoms with Gasteiger partial charge in [-0.05, 0) is 55.8 Å². The topological polar surface area (TPSA) is 41.1 Å². The van der Waals surface area contributed by atoms with Crippen LogP contribution in [0.25, 0.3) is 0 Å². The molecular weight excluding hydrogens is 319 g/mol. The van der Waals surface area contributed by atoms with Crippen LogP contribution in [0.15, 0.2) is 24.3 Å². The first-order chi connectivity index (χ1) is 10.1. The third-order valence-electron chi connectivity index (χ3n) is 4.81. The molecule has 5 heteroatoms. The Morgan fingerprint density at radius 2 is 1.91 bits per heavy atom. The largest absolute Gasteiger partial charge is 0.351 e. The molecule has 0 radical (unpaired) electrons. The van der Waals surface area contributed by atoms with Crippen molar-refractivity contribution in [3.05, 3.63) is 34.9 Å². The first kappa shape index (κ1) is 17.6. The minimum Gasteiger partial charge on any atom is -0.351 e. The van der Waals surface area contributed by atoms with Crippen LogP contribution in [0.2, 0.25) is 5.02 Å². The molecular formula is C17H24Cl2N2O. The zero-order valence-corrected chi connectivity index (χ0v) is 14.5. The van der Waals surface area contributed by atoms with Gasteiger partial charge in [0.2, 0.25) is 5.91 Å². The zero-order valence-electron chi connectivity index (χ0n) is 12.9. The highest BCUT2D eigenvalue weighted by Gasteiger charge is 2.51. The van der Waals surface area contributed by atoms with Crippen molar-refractivity contribution in [3.63, 3.8) is 0 Å². The molecule has 0 bridgehead atoms. The molecule has 2 N–H and O–H groups in total. The fourth-order valence-electron chi connectivity index (χ4n) is 3.18. The molecule has 1 aliphatic carbocycles. The average Bonchev–Trinajstić information content (AvgIpc) is 3.27. The number of benzene rings is 1. The number of rotatable bonds is 3. The molecule has 1 aliphatic heterocycles. The third kappa shape index (κ3) is 3.76. The fraction of sp³-hybridized carbons (Fsp3) is 0.588. The minimum atomic E-state index is -0.303. The normalized spacial score (nSPS) is 26.5. The molecule has 1 aromatic carbocycles. The van der Waals surface area contributed by atoms with Gasteiger partial charge in [-0.1, -0.05) is 30.7 Å². The smallest absolute Gasteiger partial charge is 0.230 e. The van der Waals surface area contributed by atoms with Crippen molar-refractivity contribution in [2.24, 2.45) is 5.92 Å². The van der Waals surface area contributed by atoms with Crippen LogP contribution in [0.5, 0.6) is 0 Å². The van der Waals surface area contributed by atoms with E-state index < -0.39 is 0 Å². The molecule has 1 saturated heterocycles. The predicted octanol–water partition coefficient (Wildman–Crippen LogP) is 3.30. The minimum absolute atomic E-state index is 0. The number of hydrogen-bond donors (Lipinski definition) is 2. The lowest BCUT2D eigenvalue weighted by atomic mass is 9.94. The van der Waals surface area contributed by atoms with E-state index in [1.165, 1.54) is 6.42 Å². The highest BCUT2D eigenvalue weighted by Crippen LogP contribution is 2.48. The van der Waals surface area contributed by atoms with Crippen LogP contribution in [0.1, 0.15) is 38.2 Å². The molecule has 0 aromatic heterocycles. The second kappa shape index (κ2) is 7.20. The summed E-state index contributed by atoms with van der Waals surface area (Å²) in [5, 5.41) is 7.42. The number of halogens is 2. The van der Waals surface area contributed by atoms with Crippen molar-refractivity contribution in [2.75, 3.05) is 13.1 Å². The molecule has 2 fully saturated rings. The van der Waals surface area contributed by atoms with Crippen molar-refractivity contribution in [1.29, 1.82) is 0 Å². The monoisotopic (exact) mass is 342 g/mol. The lowest BCUT2D eigenvalue weighted by Crippen LogP contribution is -2.45. The van der Waals surface area contributed by atoms with Gasteiger partial charge in [0.1, 0.15) is 0 Å². The van der Waals surface area contributed by atoms with E-state index in [-0.39, 0.29) is 29.8 Å². The molecule has 122 valence electrons. The van der Waals surface area contributed by atoms with Crippen LogP contribution >= 0.6 is 24.0 Å². The average molecular weight is 343 g/mol. The Bertz CT molecular complexity index is 514. The van der Waals surface area contributed by atoms with Crippen molar-refractivity contribution >= 4 is 29.9 Å². The fourth-order valence-corrected chi connectivity index (χ4v) is 3.31. The van der Waals surface area contributed by atoms with E-state index in [0.29, 0.717) is 5.92 Å². The summed E-state index contributed by atoms with van der Waals surface area (Å²) < 4.78 is 0. The van der Waals surface area contributed by atoms with E-state index >= 15 is 0 Å². The number of carbonyl (C=O) groups is 1. The molecule has 1 amide bonds. The summed E-state index contributed by atoms with van der Waals surface area (Å²) in [5.41, 5.74) is 0.794. The molecule has 1 saturated carbocycles. The van der Waals surface area contributed by atoms with Crippen molar-refractivity contribution < 1.29 is 4.79 Å². The van der Waals surface area contributed by atoms with Gasteiger partial charge in [-0.15, -0.1) is 12.4 Å². The summed E-state index contributed by atoms with van der Waals surface area (Å²) in [6, 6.07) is 7.98. The lowest BCUT2D eigenvalue weighted by molar-refractivity contribution is -0.124. The molecule has 2 atom stereocenters. The quantitative estimate of drug-likeness (QED) is 0.884. The Labute approximate surface area is 143 Å². The summed E-state index contributed by atoms with van der Waals surface area (Å²) in [7, 11) is 0. The molecule has 0 spiro atoms. The summed E-state index contributed by atoms with van der Waals surface area (Å²) in [5.74, 6) is 0.879. The molecule has 1 aromatic rings. The summed E-state index contributed by atoms with van der Waals surface area (Å²) in [4.78, 5) is 12.7. The third-order valence-corrected chi connectivity index (χ3v) is 5.06. The summed E-state index contributed by atoms with van der Waals surface area (Å²) >= 11 is 5.94. The van der Waals surface area contributed by atoms with Crippen molar-refractivity contribution in [2.45, 2.75) is 44.1 Å². The maximum Gasteiger partial charge on any atom is 0.230 e. The molecule has 3 nitrogen and oxygen atoms in total. The first-order valence-corrected chi connectivity index (χ1v) is 8.26. The second-order valence-corrected chi connectivity index (χ2v) is 7.04. The van der Waals surface area contributed by atoms with Gasteiger partial charge in [-0.2, -0.15) is 0 Å². The van der Waals surface area contributed by atoms with Crippen LogP contribution in [-0.2, 0) is 10.2 Å². The van der Waals surface area contributed by atoms with Crippen LogP contribution in [0, 0.1) is 5.92 Å². The van der Waals surface area contributed by atoms with Gasteiger partial charge in [-0.25, -0.2) is 0 Å². The maximum absolute atomic E-state index is 12.7. The lowest BCUT2D eigenvalue weighted by Gasteiger charge is -2.21. The Morgan fingerprint density at radius 3 is 2.55 bits per heavy atom. The van der Waals surface area contributed by atoms with E-state index in [9.17, 15) is 4.79 Å². The molecule has 22 heavy (non-hydrogen) atoms. The highest BCUT2D eigenvalue weighted by atomic mass is 35.5. The Kier molecular flexibility index (Phi) is 5.76. The Balaban J connectivity index is 0.00000176. The van der Waals surface area contributed by atoms with E-state index in [1.807, 2.05) is 24.3 Å². The van der Waals surface area contributed by atoms with Gasteiger partial charge in [0.15, 0.2) is 0 Å². The van der Waals surface area contributed by atoms with E-state index in [1.54, 1.807) is 0 Å². The Morgan fingerprint density at radius 1 is 1.23 bits per heavy atom. The summed E-state index contributed by atoms with van der Waals surface area (Å²) in [6.07, 6.45) is 4.12. The van der Waals surface area contributed by atoms with Gasteiger partial charge in [0.05, 0.1) is 5.41 Å². The van der Waals surface area contributed by atoms with Gasteiger partial charge in [0.25, 0.3) is 0 Å². The van der Waals surface area contributed by atoms with E-state index in [0.717, 1.165) is 42.9 Å². The number of nitrogens with one attached hydrogen (secondary N) is 2. The van der Waals surface area contributed by atoms with Crippen molar-refractivity contribution in [1.82, 2.24) is 10.6 Å². The SMILES string of the molecule is CC1CCC(NC(=O)C2(c3ccc(Cl)cc3)CC2)CNC1.Cl. The highest BCUT2D eigenvalue weighted by molar-refractivity contribution is 6.30. The molecule has 3 rings (SSSR count). The zero-order chi connectivity index (χ0) is 14.9.